The molecule has 4 rings (SSSR count). The highest BCUT2D eigenvalue weighted by molar-refractivity contribution is 5.76. The SMILES string of the molecule is COc1ccc(CNC(=O)N2CCC(Cn3c(C)nc4ccccc43)CC2)cc1. The van der Waals surface area contributed by atoms with Crippen molar-refractivity contribution >= 4 is 17.1 Å². The Labute approximate surface area is 171 Å². The Bertz CT molecular complexity index is 972. The number of hydrogen-bond acceptors (Lipinski definition) is 3. The molecule has 1 aliphatic rings. The molecular formula is C23H28N4O2. The summed E-state index contributed by atoms with van der Waals surface area (Å²) in [5.41, 5.74) is 3.32. The largest absolute Gasteiger partial charge is 0.497 e. The van der Waals surface area contributed by atoms with Crippen LogP contribution in [0.15, 0.2) is 48.5 Å². The number of nitrogens with zero attached hydrogens (tertiary/aromatic N) is 3. The molecule has 2 heterocycles. The van der Waals surface area contributed by atoms with Gasteiger partial charge in [-0.25, -0.2) is 9.78 Å². The van der Waals surface area contributed by atoms with Crippen LogP contribution in [0.3, 0.4) is 0 Å². The topological polar surface area (TPSA) is 59.4 Å². The number of ether oxygens (including phenoxy) is 1. The third-order valence-electron chi connectivity index (χ3n) is 5.79. The van der Waals surface area contributed by atoms with E-state index < -0.39 is 0 Å². The van der Waals surface area contributed by atoms with Crippen LogP contribution in [0.2, 0.25) is 0 Å². The van der Waals surface area contributed by atoms with Crippen molar-refractivity contribution in [2.75, 3.05) is 20.2 Å². The maximum Gasteiger partial charge on any atom is 0.317 e. The smallest absolute Gasteiger partial charge is 0.317 e. The van der Waals surface area contributed by atoms with Gasteiger partial charge in [0.15, 0.2) is 0 Å². The minimum absolute atomic E-state index is 0.0172. The molecule has 1 aliphatic heterocycles. The number of rotatable bonds is 5. The number of aryl methyl sites for hydroxylation is 1. The Morgan fingerprint density at radius 1 is 1.14 bits per heavy atom. The highest BCUT2D eigenvalue weighted by Gasteiger charge is 2.23. The Morgan fingerprint density at radius 3 is 2.59 bits per heavy atom. The third-order valence-corrected chi connectivity index (χ3v) is 5.79. The minimum atomic E-state index is 0.0172. The van der Waals surface area contributed by atoms with Crippen molar-refractivity contribution in [3.63, 3.8) is 0 Å². The van der Waals surface area contributed by atoms with Gasteiger partial charge in [0.1, 0.15) is 11.6 Å². The van der Waals surface area contributed by atoms with Crippen LogP contribution in [0.5, 0.6) is 5.75 Å². The number of carbonyl (C=O) groups excluding carboxylic acids is 1. The van der Waals surface area contributed by atoms with E-state index in [1.165, 1.54) is 5.52 Å². The first-order valence-corrected chi connectivity index (χ1v) is 10.2. The monoisotopic (exact) mass is 392 g/mol. The van der Waals surface area contributed by atoms with Crippen LogP contribution < -0.4 is 10.1 Å². The van der Waals surface area contributed by atoms with Gasteiger partial charge >= 0.3 is 6.03 Å². The predicted molar refractivity (Wildman–Crippen MR) is 114 cm³/mol. The first-order chi connectivity index (χ1) is 14.1. The number of nitrogens with one attached hydrogen (secondary N) is 1. The molecule has 29 heavy (non-hydrogen) atoms. The summed E-state index contributed by atoms with van der Waals surface area (Å²) in [5.74, 6) is 2.45. The lowest BCUT2D eigenvalue weighted by Gasteiger charge is -2.32. The lowest BCUT2D eigenvalue weighted by Crippen LogP contribution is -2.44. The van der Waals surface area contributed by atoms with Crippen molar-refractivity contribution in [2.24, 2.45) is 5.92 Å². The quantitative estimate of drug-likeness (QED) is 0.715. The molecule has 0 spiro atoms. The Balaban J connectivity index is 1.28. The summed E-state index contributed by atoms with van der Waals surface area (Å²) in [7, 11) is 1.65. The molecule has 6 heteroatoms. The van der Waals surface area contributed by atoms with Crippen molar-refractivity contribution in [2.45, 2.75) is 32.9 Å². The van der Waals surface area contributed by atoms with Crippen LogP contribution in [0.1, 0.15) is 24.2 Å². The van der Waals surface area contributed by atoms with E-state index in [9.17, 15) is 4.79 Å². The average Bonchev–Trinajstić information content (AvgIpc) is 3.08. The van der Waals surface area contributed by atoms with Gasteiger partial charge in [-0.1, -0.05) is 24.3 Å². The van der Waals surface area contributed by atoms with Crippen LogP contribution in [-0.4, -0.2) is 40.7 Å². The van der Waals surface area contributed by atoms with E-state index in [1.807, 2.05) is 35.2 Å². The molecule has 1 N–H and O–H groups in total. The van der Waals surface area contributed by atoms with Crippen LogP contribution in [0, 0.1) is 12.8 Å². The fraction of sp³-hybridized carbons (Fsp3) is 0.391. The highest BCUT2D eigenvalue weighted by atomic mass is 16.5. The van der Waals surface area contributed by atoms with Gasteiger partial charge in [-0.2, -0.15) is 0 Å². The van der Waals surface area contributed by atoms with Gasteiger partial charge < -0.3 is 19.5 Å². The van der Waals surface area contributed by atoms with E-state index in [-0.39, 0.29) is 6.03 Å². The first-order valence-electron chi connectivity index (χ1n) is 10.2. The maximum atomic E-state index is 12.5. The lowest BCUT2D eigenvalue weighted by atomic mass is 9.97. The van der Waals surface area contributed by atoms with Gasteiger partial charge in [-0.05, 0) is 55.5 Å². The first kappa shape index (κ1) is 19.3. The van der Waals surface area contributed by atoms with Crippen molar-refractivity contribution in [3.8, 4) is 5.75 Å². The number of benzene rings is 2. The summed E-state index contributed by atoms with van der Waals surface area (Å²) < 4.78 is 7.49. The molecule has 0 saturated carbocycles. The number of urea groups is 1. The van der Waals surface area contributed by atoms with Gasteiger partial charge in [0, 0.05) is 26.2 Å². The molecule has 1 aromatic heterocycles. The van der Waals surface area contributed by atoms with E-state index in [1.54, 1.807) is 7.11 Å². The molecule has 0 bridgehead atoms. The fourth-order valence-corrected chi connectivity index (χ4v) is 4.04. The molecule has 6 nitrogen and oxygen atoms in total. The second-order valence-corrected chi connectivity index (χ2v) is 7.70. The van der Waals surface area contributed by atoms with E-state index in [2.05, 4.69) is 40.0 Å². The second-order valence-electron chi connectivity index (χ2n) is 7.70. The van der Waals surface area contributed by atoms with E-state index in [4.69, 9.17) is 4.74 Å². The van der Waals surface area contributed by atoms with Crippen LogP contribution in [0.25, 0.3) is 11.0 Å². The number of hydrogen-bond donors (Lipinski definition) is 1. The van der Waals surface area contributed by atoms with E-state index in [0.717, 1.165) is 55.1 Å². The van der Waals surface area contributed by atoms with Gasteiger partial charge in [0.2, 0.25) is 0 Å². The number of methoxy groups -OCH3 is 1. The van der Waals surface area contributed by atoms with Crippen molar-refractivity contribution < 1.29 is 9.53 Å². The number of amides is 2. The molecule has 152 valence electrons. The zero-order chi connectivity index (χ0) is 20.2. The fourth-order valence-electron chi connectivity index (χ4n) is 4.04. The van der Waals surface area contributed by atoms with Crippen LogP contribution in [-0.2, 0) is 13.1 Å². The predicted octanol–water partition coefficient (Wildman–Crippen LogP) is 3.98. The standard InChI is InChI=1S/C23H28N4O2/c1-17-25-21-5-3-4-6-22(21)27(17)16-19-11-13-26(14-12-19)23(28)24-15-18-7-9-20(29-2)10-8-18/h3-10,19H,11-16H2,1-2H3,(H,24,28). The number of aromatic nitrogens is 2. The molecule has 0 radical (unpaired) electrons. The summed E-state index contributed by atoms with van der Waals surface area (Å²) in [4.78, 5) is 19.1. The van der Waals surface area contributed by atoms with Gasteiger partial charge in [0.05, 0.1) is 18.1 Å². The summed E-state index contributed by atoms with van der Waals surface area (Å²) in [6, 6.07) is 16.1. The second kappa shape index (κ2) is 8.55. The van der Waals surface area contributed by atoms with Gasteiger partial charge in [-0.15, -0.1) is 0 Å². The maximum absolute atomic E-state index is 12.5. The van der Waals surface area contributed by atoms with E-state index >= 15 is 0 Å². The molecule has 0 aliphatic carbocycles. The molecule has 0 unspecified atom stereocenters. The number of carbonyl (C=O) groups is 1. The number of imidazole rings is 1. The molecule has 3 aromatic rings. The summed E-state index contributed by atoms with van der Waals surface area (Å²) in [6.45, 7) is 5.16. The third kappa shape index (κ3) is 4.36. The van der Waals surface area contributed by atoms with Crippen molar-refractivity contribution in [1.29, 1.82) is 0 Å². The number of piperidine rings is 1. The van der Waals surface area contributed by atoms with Gasteiger partial charge in [0.25, 0.3) is 0 Å². The lowest BCUT2D eigenvalue weighted by molar-refractivity contribution is 0.165. The molecule has 2 amide bonds. The Hall–Kier alpha value is -3.02. The number of likely N-dealkylation sites (tertiary alicyclic amines) is 1. The van der Waals surface area contributed by atoms with Gasteiger partial charge in [-0.3, -0.25) is 0 Å². The number of para-hydroxylation sites is 2. The summed E-state index contributed by atoms with van der Waals surface area (Å²) in [5, 5.41) is 3.03. The van der Waals surface area contributed by atoms with Crippen molar-refractivity contribution in [3.05, 3.63) is 59.9 Å². The average molecular weight is 393 g/mol. The molecular weight excluding hydrogens is 364 g/mol. The van der Waals surface area contributed by atoms with Crippen molar-refractivity contribution in [1.82, 2.24) is 19.8 Å². The zero-order valence-electron chi connectivity index (χ0n) is 17.1. The number of fused-ring (bicyclic) bond motifs is 1. The normalized spacial score (nSPS) is 14.9. The molecule has 1 saturated heterocycles. The van der Waals surface area contributed by atoms with E-state index in [0.29, 0.717) is 12.5 Å². The van der Waals surface area contributed by atoms with Crippen LogP contribution >= 0.6 is 0 Å². The zero-order valence-corrected chi connectivity index (χ0v) is 17.1. The molecule has 0 atom stereocenters. The minimum Gasteiger partial charge on any atom is -0.497 e. The Kier molecular flexibility index (Phi) is 5.69. The summed E-state index contributed by atoms with van der Waals surface area (Å²) in [6.07, 6.45) is 2.03. The van der Waals surface area contributed by atoms with Crippen LogP contribution in [0.4, 0.5) is 4.79 Å². The molecule has 1 fully saturated rings. The highest BCUT2D eigenvalue weighted by Crippen LogP contribution is 2.23. The summed E-state index contributed by atoms with van der Waals surface area (Å²) >= 11 is 0. The molecule has 2 aromatic carbocycles. The Morgan fingerprint density at radius 2 is 1.86 bits per heavy atom.